The number of nitrogens with zero attached hydrogens (tertiary/aromatic N) is 4. The van der Waals surface area contributed by atoms with Gasteiger partial charge in [-0.1, -0.05) is 16.8 Å². The molecule has 0 radical (unpaired) electrons. The van der Waals surface area contributed by atoms with Gasteiger partial charge in [0, 0.05) is 36.5 Å². The van der Waals surface area contributed by atoms with Gasteiger partial charge in [0.1, 0.15) is 18.5 Å². The average Bonchev–Trinajstić information content (AvgIpc) is 3.28. The van der Waals surface area contributed by atoms with Crippen LogP contribution >= 0.6 is 11.6 Å². The van der Waals surface area contributed by atoms with Crippen LogP contribution in [-0.2, 0) is 0 Å². The summed E-state index contributed by atoms with van der Waals surface area (Å²) >= 11 is 6.40. The van der Waals surface area contributed by atoms with Crippen molar-refractivity contribution >= 4 is 17.4 Å². The van der Waals surface area contributed by atoms with Gasteiger partial charge in [0.2, 0.25) is 5.82 Å². The van der Waals surface area contributed by atoms with Gasteiger partial charge in [-0.25, -0.2) is 4.98 Å². The molecule has 2 aromatic heterocycles. The lowest BCUT2D eigenvalue weighted by atomic mass is 10.2. The standard InChI is InChI=1S/C22H28ClN5O4/c1-5-28(6-2)19-10-15(7-13(3)25-19)22-26-21(27-32-22)14-8-17(23)20(18(9-14)30-4)31-12-16(29)11-24/h7-10,16,29H,5-6,11-12,24H2,1-4H3/t16-/m0/s1. The van der Waals surface area contributed by atoms with E-state index in [0.29, 0.717) is 33.8 Å². The number of hydrogen-bond acceptors (Lipinski definition) is 9. The molecule has 3 N–H and O–H groups in total. The predicted octanol–water partition coefficient (Wildman–Crippen LogP) is 3.31. The van der Waals surface area contributed by atoms with Crippen molar-refractivity contribution < 1.29 is 19.1 Å². The van der Waals surface area contributed by atoms with Gasteiger partial charge in [-0.15, -0.1) is 0 Å². The molecule has 0 fully saturated rings. The number of aliphatic hydroxyl groups excluding tert-OH is 1. The summed E-state index contributed by atoms with van der Waals surface area (Å²) in [6, 6.07) is 7.19. The molecule has 0 amide bonds. The van der Waals surface area contributed by atoms with E-state index < -0.39 is 6.10 Å². The number of rotatable bonds is 10. The van der Waals surface area contributed by atoms with Crippen molar-refractivity contribution in [1.82, 2.24) is 15.1 Å². The van der Waals surface area contributed by atoms with Gasteiger partial charge in [-0.3, -0.25) is 0 Å². The lowest BCUT2D eigenvalue weighted by Gasteiger charge is -2.20. The minimum atomic E-state index is -0.805. The molecule has 1 aromatic carbocycles. The number of pyridine rings is 1. The molecule has 3 rings (SSSR count). The van der Waals surface area contributed by atoms with Crippen LogP contribution in [0, 0.1) is 6.92 Å². The maximum absolute atomic E-state index is 9.65. The highest BCUT2D eigenvalue weighted by atomic mass is 35.5. The summed E-state index contributed by atoms with van der Waals surface area (Å²) in [6.07, 6.45) is -0.805. The van der Waals surface area contributed by atoms with Crippen molar-refractivity contribution in [3.05, 3.63) is 35.0 Å². The van der Waals surface area contributed by atoms with Crippen LogP contribution in [0.15, 0.2) is 28.8 Å². The molecular formula is C22H28ClN5O4. The fourth-order valence-corrected chi connectivity index (χ4v) is 3.44. The van der Waals surface area contributed by atoms with E-state index in [9.17, 15) is 5.11 Å². The van der Waals surface area contributed by atoms with E-state index >= 15 is 0 Å². The fraction of sp³-hybridized carbons (Fsp3) is 0.409. The first-order valence-electron chi connectivity index (χ1n) is 10.4. The summed E-state index contributed by atoms with van der Waals surface area (Å²) in [7, 11) is 1.50. The Morgan fingerprint density at radius 1 is 1.16 bits per heavy atom. The first kappa shape index (κ1) is 23.8. The molecule has 9 nitrogen and oxygen atoms in total. The number of methoxy groups -OCH3 is 1. The Labute approximate surface area is 192 Å². The van der Waals surface area contributed by atoms with E-state index in [2.05, 4.69) is 33.9 Å². The average molecular weight is 462 g/mol. The van der Waals surface area contributed by atoms with E-state index in [1.807, 2.05) is 19.1 Å². The summed E-state index contributed by atoms with van der Waals surface area (Å²) in [4.78, 5) is 11.3. The number of anilines is 1. The number of aliphatic hydroxyl groups is 1. The zero-order valence-electron chi connectivity index (χ0n) is 18.6. The third kappa shape index (κ3) is 5.29. The number of aryl methyl sites for hydroxylation is 1. The van der Waals surface area contributed by atoms with Gasteiger partial charge in [-0.05, 0) is 45.0 Å². The third-order valence-corrected chi connectivity index (χ3v) is 5.16. The topological polar surface area (TPSA) is 120 Å². The van der Waals surface area contributed by atoms with Crippen molar-refractivity contribution in [2.45, 2.75) is 26.9 Å². The first-order chi connectivity index (χ1) is 15.4. The largest absolute Gasteiger partial charge is 0.493 e. The Hall–Kier alpha value is -2.88. The maximum atomic E-state index is 9.65. The van der Waals surface area contributed by atoms with E-state index in [1.54, 1.807) is 12.1 Å². The van der Waals surface area contributed by atoms with Crippen molar-refractivity contribution in [3.63, 3.8) is 0 Å². The van der Waals surface area contributed by atoms with Crippen molar-refractivity contribution in [3.8, 4) is 34.3 Å². The molecule has 3 aromatic rings. The second-order valence-electron chi connectivity index (χ2n) is 7.14. The Kier molecular flexibility index (Phi) is 7.89. The van der Waals surface area contributed by atoms with E-state index in [1.165, 1.54) is 7.11 Å². The summed E-state index contributed by atoms with van der Waals surface area (Å²) in [5.74, 6) is 2.28. The lowest BCUT2D eigenvalue weighted by Crippen LogP contribution is -2.26. The molecule has 0 aliphatic rings. The van der Waals surface area contributed by atoms with Crippen LogP contribution in [-0.4, -0.2) is 59.7 Å². The van der Waals surface area contributed by atoms with Crippen LogP contribution < -0.4 is 20.1 Å². The van der Waals surface area contributed by atoms with Crippen LogP contribution in [0.2, 0.25) is 5.02 Å². The summed E-state index contributed by atoms with van der Waals surface area (Å²) in [5, 5.41) is 14.0. The third-order valence-electron chi connectivity index (χ3n) is 4.88. The molecule has 172 valence electrons. The molecule has 0 spiro atoms. The smallest absolute Gasteiger partial charge is 0.258 e. The van der Waals surface area contributed by atoms with Crippen LogP contribution in [0.1, 0.15) is 19.5 Å². The van der Waals surface area contributed by atoms with Crippen molar-refractivity contribution in [1.29, 1.82) is 0 Å². The van der Waals surface area contributed by atoms with E-state index in [4.69, 9.17) is 31.3 Å². The molecular weight excluding hydrogens is 434 g/mol. The molecule has 0 saturated carbocycles. The van der Waals surface area contributed by atoms with Gasteiger partial charge in [-0.2, -0.15) is 4.98 Å². The Bertz CT molecular complexity index is 1050. The number of aromatic nitrogens is 3. The fourth-order valence-electron chi connectivity index (χ4n) is 3.18. The number of hydrogen-bond donors (Lipinski definition) is 2. The Balaban J connectivity index is 1.92. The van der Waals surface area contributed by atoms with Crippen molar-refractivity contribution in [2.75, 3.05) is 38.3 Å². The summed E-state index contributed by atoms with van der Waals surface area (Å²) in [5.41, 5.74) is 7.66. The van der Waals surface area contributed by atoms with Gasteiger partial charge in [0.05, 0.1) is 12.1 Å². The molecule has 32 heavy (non-hydrogen) atoms. The molecule has 0 bridgehead atoms. The normalized spacial score (nSPS) is 12.0. The lowest BCUT2D eigenvalue weighted by molar-refractivity contribution is 0.112. The molecule has 0 aliphatic carbocycles. The quantitative estimate of drug-likeness (QED) is 0.468. The predicted molar refractivity (Wildman–Crippen MR) is 123 cm³/mol. The number of ether oxygens (including phenoxy) is 2. The van der Waals surface area contributed by atoms with Gasteiger partial charge in [0.25, 0.3) is 5.89 Å². The highest BCUT2D eigenvalue weighted by Gasteiger charge is 2.19. The molecule has 0 aliphatic heterocycles. The second-order valence-corrected chi connectivity index (χ2v) is 7.55. The minimum Gasteiger partial charge on any atom is -0.493 e. The molecule has 1 atom stereocenters. The van der Waals surface area contributed by atoms with E-state index in [0.717, 1.165) is 30.2 Å². The van der Waals surface area contributed by atoms with Crippen LogP contribution in [0.25, 0.3) is 22.8 Å². The highest BCUT2D eigenvalue weighted by Crippen LogP contribution is 2.39. The molecule has 2 heterocycles. The van der Waals surface area contributed by atoms with Crippen LogP contribution in [0.4, 0.5) is 5.82 Å². The SMILES string of the molecule is CCN(CC)c1cc(-c2nc(-c3cc(Cl)c(OC[C@@H](O)CN)c(OC)c3)no2)cc(C)n1. The van der Waals surface area contributed by atoms with Crippen molar-refractivity contribution in [2.24, 2.45) is 5.73 Å². The molecule has 0 unspecified atom stereocenters. The second kappa shape index (κ2) is 10.6. The van der Waals surface area contributed by atoms with Gasteiger partial charge < -0.3 is 29.7 Å². The van der Waals surface area contributed by atoms with Crippen LogP contribution in [0.5, 0.6) is 11.5 Å². The zero-order chi connectivity index (χ0) is 23.3. The van der Waals surface area contributed by atoms with E-state index in [-0.39, 0.29) is 13.2 Å². The van der Waals surface area contributed by atoms with Gasteiger partial charge in [0.15, 0.2) is 11.5 Å². The summed E-state index contributed by atoms with van der Waals surface area (Å²) < 4.78 is 16.5. The van der Waals surface area contributed by atoms with Gasteiger partial charge >= 0.3 is 0 Å². The summed E-state index contributed by atoms with van der Waals surface area (Å²) in [6.45, 7) is 7.85. The minimum absolute atomic E-state index is 0.00541. The molecule has 0 saturated heterocycles. The first-order valence-corrected chi connectivity index (χ1v) is 10.7. The van der Waals surface area contributed by atoms with Crippen LogP contribution in [0.3, 0.4) is 0 Å². The Morgan fingerprint density at radius 2 is 1.91 bits per heavy atom. The monoisotopic (exact) mass is 461 g/mol. The number of benzene rings is 1. The maximum Gasteiger partial charge on any atom is 0.258 e. The Morgan fingerprint density at radius 3 is 2.56 bits per heavy atom. The zero-order valence-corrected chi connectivity index (χ0v) is 19.4. The molecule has 10 heteroatoms. The highest BCUT2D eigenvalue weighted by molar-refractivity contribution is 6.32. The number of halogens is 1. The number of nitrogens with two attached hydrogens (primary N) is 1.